The largest absolute Gasteiger partial charge is 0.310 e. The lowest BCUT2D eigenvalue weighted by atomic mass is 9.98. The van der Waals surface area contributed by atoms with E-state index in [9.17, 15) is 13.2 Å². The highest BCUT2D eigenvalue weighted by Gasteiger charge is 2.15. The molecule has 0 radical (unpaired) electrons. The molecule has 0 amide bonds. The quantitative estimate of drug-likeness (QED) is 0.790. The molecule has 1 nitrogen and oxygen atoms in total. The Hall–Kier alpha value is -1.52. The SMILES string of the molecule is CC(C)NCc1cc(Cl)ccc1-c1cc(F)c(F)cc1F. The molecule has 0 fully saturated rings. The monoisotopic (exact) mass is 313 g/mol. The zero-order valence-electron chi connectivity index (χ0n) is 11.7. The van der Waals surface area contributed by atoms with E-state index in [2.05, 4.69) is 5.32 Å². The first-order valence-corrected chi connectivity index (χ1v) is 6.93. The Kier molecular flexibility index (Phi) is 4.91. The second-order valence-electron chi connectivity index (χ2n) is 5.08. The van der Waals surface area contributed by atoms with E-state index >= 15 is 0 Å². The fraction of sp³-hybridized carbons (Fsp3) is 0.250. The molecular formula is C16H15ClF3N. The highest BCUT2D eigenvalue weighted by molar-refractivity contribution is 6.30. The van der Waals surface area contributed by atoms with E-state index in [-0.39, 0.29) is 11.6 Å². The number of benzene rings is 2. The summed E-state index contributed by atoms with van der Waals surface area (Å²) >= 11 is 5.96. The van der Waals surface area contributed by atoms with Crippen LogP contribution in [0.15, 0.2) is 30.3 Å². The van der Waals surface area contributed by atoms with Crippen LogP contribution in [0.4, 0.5) is 13.2 Å². The van der Waals surface area contributed by atoms with E-state index in [1.54, 1.807) is 18.2 Å². The number of hydrogen-bond donors (Lipinski definition) is 1. The van der Waals surface area contributed by atoms with Gasteiger partial charge in [-0.1, -0.05) is 31.5 Å². The molecule has 0 aliphatic heterocycles. The van der Waals surface area contributed by atoms with Crippen molar-refractivity contribution in [1.29, 1.82) is 0 Å². The molecule has 0 unspecified atom stereocenters. The standard InChI is InChI=1S/C16H15ClF3N/c1-9(2)21-8-10-5-11(17)3-4-12(10)13-6-15(19)16(20)7-14(13)18/h3-7,9,21H,8H2,1-2H3. The van der Waals surface area contributed by atoms with Crippen molar-refractivity contribution >= 4 is 11.6 Å². The van der Waals surface area contributed by atoms with Gasteiger partial charge in [-0.2, -0.15) is 0 Å². The molecule has 0 aliphatic rings. The first-order chi connectivity index (χ1) is 9.88. The third-order valence-electron chi connectivity index (χ3n) is 3.07. The molecule has 112 valence electrons. The highest BCUT2D eigenvalue weighted by atomic mass is 35.5. The van der Waals surface area contributed by atoms with Gasteiger partial charge in [-0.3, -0.25) is 0 Å². The maximum absolute atomic E-state index is 13.9. The molecule has 0 saturated carbocycles. The van der Waals surface area contributed by atoms with Crippen LogP contribution in [0.3, 0.4) is 0 Å². The van der Waals surface area contributed by atoms with Gasteiger partial charge in [-0.15, -0.1) is 0 Å². The van der Waals surface area contributed by atoms with Gasteiger partial charge < -0.3 is 5.32 Å². The molecule has 2 rings (SSSR count). The summed E-state index contributed by atoms with van der Waals surface area (Å²) in [7, 11) is 0. The van der Waals surface area contributed by atoms with E-state index in [0.717, 1.165) is 11.6 Å². The van der Waals surface area contributed by atoms with Gasteiger partial charge in [-0.25, -0.2) is 13.2 Å². The summed E-state index contributed by atoms with van der Waals surface area (Å²) in [6, 6.07) is 6.54. The van der Waals surface area contributed by atoms with Crippen LogP contribution in [-0.2, 0) is 6.54 Å². The van der Waals surface area contributed by atoms with Crippen LogP contribution in [0.2, 0.25) is 5.02 Å². The minimum atomic E-state index is -1.20. The number of halogens is 4. The van der Waals surface area contributed by atoms with Gasteiger partial charge in [0, 0.05) is 29.2 Å². The van der Waals surface area contributed by atoms with Crippen LogP contribution in [0, 0.1) is 17.5 Å². The van der Waals surface area contributed by atoms with Gasteiger partial charge in [0.15, 0.2) is 11.6 Å². The molecule has 0 saturated heterocycles. The van der Waals surface area contributed by atoms with Crippen molar-refractivity contribution in [2.24, 2.45) is 0 Å². The van der Waals surface area contributed by atoms with Crippen molar-refractivity contribution in [1.82, 2.24) is 5.32 Å². The Balaban J connectivity index is 2.50. The molecule has 1 N–H and O–H groups in total. The van der Waals surface area contributed by atoms with Crippen LogP contribution >= 0.6 is 11.6 Å². The Morgan fingerprint density at radius 2 is 1.62 bits per heavy atom. The molecule has 0 aliphatic carbocycles. The molecule has 2 aromatic carbocycles. The highest BCUT2D eigenvalue weighted by Crippen LogP contribution is 2.30. The normalized spacial score (nSPS) is 11.2. The predicted octanol–water partition coefficient (Wildman–Crippen LogP) is 4.92. The van der Waals surface area contributed by atoms with Crippen molar-refractivity contribution < 1.29 is 13.2 Å². The zero-order valence-corrected chi connectivity index (χ0v) is 12.4. The smallest absolute Gasteiger partial charge is 0.161 e. The molecular weight excluding hydrogens is 299 g/mol. The summed E-state index contributed by atoms with van der Waals surface area (Å²) in [5.74, 6) is -3.08. The maximum Gasteiger partial charge on any atom is 0.161 e. The van der Waals surface area contributed by atoms with E-state index < -0.39 is 17.5 Å². The molecule has 0 spiro atoms. The van der Waals surface area contributed by atoms with E-state index in [4.69, 9.17) is 11.6 Å². The second-order valence-corrected chi connectivity index (χ2v) is 5.52. The first-order valence-electron chi connectivity index (χ1n) is 6.55. The van der Waals surface area contributed by atoms with Crippen LogP contribution < -0.4 is 5.32 Å². The lowest BCUT2D eigenvalue weighted by molar-refractivity contribution is 0.496. The maximum atomic E-state index is 13.9. The van der Waals surface area contributed by atoms with Crippen LogP contribution in [0.1, 0.15) is 19.4 Å². The van der Waals surface area contributed by atoms with E-state index in [0.29, 0.717) is 23.2 Å². The van der Waals surface area contributed by atoms with Gasteiger partial charge >= 0.3 is 0 Å². The summed E-state index contributed by atoms with van der Waals surface area (Å²) < 4.78 is 40.4. The van der Waals surface area contributed by atoms with Gasteiger partial charge in [0.25, 0.3) is 0 Å². The van der Waals surface area contributed by atoms with Crippen molar-refractivity contribution in [3.63, 3.8) is 0 Å². The fourth-order valence-corrected chi connectivity index (χ4v) is 2.21. The van der Waals surface area contributed by atoms with Crippen molar-refractivity contribution in [2.45, 2.75) is 26.4 Å². The van der Waals surface area contributed by atoms with Crippen molar-refractivity contribution in [3.8, 4) is 11.1 Å². The van der Waals surface area contributed by atoms with Gasteiger partial charge in [0.1, 0.15) is 5.82 Å². The summed E-state index contributed by atoms with van der Waals surface area (Å²) in [4.78, 5) is 0. The Morgan fingerprint density at radius 3 is 2.29 bits per heavy atom. The summed E-state index contributed by atoms with van der Waals surface area (Å²) in [5, 5.41) is 3.70. The average Bonchev–Trinajstić information content (AvgIpc) is 2.41. The molecule has 21 heavy (non-hydrogen) atoms. The van der Waals surface area contributed by atoms with Gasteiger partial charge in [-0.05, 0) is 29.3 Å². The molecule has 0 aromatic heterocycles. The van der Waals surface area contributed by atoms with E-state index in [1.165, 1.54) is 0 Å². The summed E-state index contributed by atoms with van der Waals surface area (Å²) in [6.07, 6.45) is 0. The Morgan fingerprint density at radius 1 is 0.952 bits per heavy atom. The van der Waals surface area contributed by atoms with Crippen LogP contribution in [-0.4, -0.2) is 6.04 Å². The third kappa shape index (κ3) is 3.77. The topological polar surface area (TPSA) is 12.0 Å². The van der Waals surface area contributed by atoms with Crippen molar-refractivity contribution in [3.05, 3.63) is 58.4 Å². The predicted molar refractivity (Wildman–Crippen MR) is 78.7 cm³/mol. The molecule has 5 heteroatoms. The fourth-order valence-electron chi connectivity index (χ4n) is 2.01. The minimum Gasteiger partial charge on any atom is -0.310 e. The van der Waals surface area contributed by atoms with E-state index in [1.807, 2.05) is 13.8 Å². The first kappa shape index (κ1) is 15.9. The Bertz CT molecular complexity index is 656. The number of nitrogens with one attached hydrogen (secondary N) is 1. The summed E-state index contributed by atoms with van der Waals surface area (Å²) in [5.41, 5.74) is 1.23. The minimum absolute atomic E-state index is 0.0196. The number of rotatable bonds is 4. The molecule has 0 atom stereocenters. The Labute approximate surface area is 126 Å². The van der Waals surface area contributed by atoms with Gasteiger partial charge in [0.2, 0.25) is 0 Å². The van der Waals surface area contributed by atoms with Crippen LogP contribution in [0.25, 0.3) is 11.1 Å². The number of hydrogen-bond acceptors (Lipinski definition) is 1. The lowest BCUT2D eigenvalue weighted by Gasteiger charge is -2.14. The molecule has 0 bridgehead atoms. The second kappa shape index (κ2) is 6.50. The van der Waals surface area contributed by atoms with Gasteiger partial charge in [0.05, 0.1) is 0 Å². The molecule has 0 heterocycles. The average molecular weight is 314 g/mol. The molecule has 2 aromatic rings. The zero-order chi connectivity index (χ0) is 15.6. The van der Waals surface area contributed by atoms with Crippen molar-refractivity contribution in [2.75, 3.05) is 0 Å². The third-order valence-corrected chi connectivity index (χ3v) is 3.30. The van der Waals surface area contributed by atoms with Crippen LogP contribution in [0.5, 0.6) is 0 Å². The summed E-state index contributed by atoms with van der Waals surface area (Å²) in [6.45, 7) is 4.40. The lowest BCUT2D eigenvalue weighted by Crippen LogP contribution is -2.22.